The van der Waals surface area contributed by atoms with E-state index in [0.717, 1.165) is 44.1 Å². The van der Waals surface area contributed by atoms with Crippen LogP contribution in [0.5, 0.6) is 0 Å². The van der Waals surface area contributed by atoms with E-state index in [2.05, 4.69) is 41.0 Å². The molecule has 0 unspecified atom stereocenters. The maximum Gasteiger partial charge on any atom is 0.225 e. The Morgan fingerprint density at radius 1 is 1.12 bits per heavy atom. The van der Waals surface area contributed by atoms with Gasteiger partial charge in [-0.2, -0.15) is 0 Å². The third-order valence-electron chi connectivity index (χ3n) is 2.49. The monoisotopic (exact) mass is 222 g/mol. The molecule has 0 aliphatic rings. The normalized spacial score (nSPS) is 10.4. The molecule has 0 atom stereocenters. The van der Waals surface area contributed by atoms with Crippen LogP contribution in [0.2, 0.25) is 0 Å². The molecule has 16 heavy (non-hydrogen) atoms. The molecule has 4 heteroatoms. The van der Waals surface area contributed by atoms with Crippen molar-refractivity contribution >= 4 is 5.95 Å². The Balaban J connectivity index is 2.53. The summed E-state index contributed by atoms with van der Waals surface area (Å²) >= 11 is 0. The molecular formula is C12H22N4. The molecule has 0 aromatic carbocycles. The second kappa shape index (κ2) is 7.17. The highest BCUT2D eigenvalue weighted by Crippen LogP contribution is 2.06. The Morgan fingerprint density at radius 3 is 2.25 bits per heavy atom. The standard InChI is InChI=1S/C12H22N4/c1-4-7-13-8-11-9-14-12(15-10-11)16(5-2)6-3/h9-10,13H,4-8H2,1-3H3. The van der Waals surface area contributed by atoms with Gasteiger partial charge in [0.2, 0.25) is 5.95 Å². The van der Waals surface area contributed by atoms with Crippen LogP contribution in [0.1, 0.15) is 32.8 Å². The van der Waals surface area contributed by atoms with Crippen molar-refractivity contribution in [1.82, 2.24) is 15.3 Å². The van der Waals surface area contributed by atoms with E-state index in [-0.39, 0.29) is 0 Å². The fourth-order valence-electron chi connectivity index (χ4n) is 1.52. The molecule has 0 saturated heterocycles. The van der Waals surface area contributed by atoms with Gasteiger partial charge in [-0.15, -0.1) is 0 Å². The number of rotatable bonds is 7. The largest absolute Gasteiger partial charge is 0.341 e. The van der Waals surface area contributed by atoms with Crippen molar-refractivity contribution in [1.29, 1.82) is 0 Å². The van der Waals surface area contributed by atoms with Gasteiger partial charge in [0.05, 0.1) is 0 Å². The first-order valence-electron chi connectivity index (χ1n) is 6.08. The molecule has 90 valence electrons. The van der Waals surface area contributed by atoms with Gasteiger partial charge in [-0.3, -0.25) is 0 Å². The number of nitrogens with one attached hydrogen (secondary N) is 1. The molecule has 0 amide bonds. The van der Waals surface area contributed by atoms with Gasteiger partial charge in [-0.1, -0.05) is 6.92 Å². The zero-order valence-corrected chi connectivity index (χ0v) is 10.5. The number of hydrogen-bond acceptors (Lipinski definition) is 4. The van der Waals surface area contributed by atoms with Crippen LogP contribution in [-0.4, -0.2) is 29.6 Å². The number of anilines is 1. The van der Waals surface area contributed by atoms with E-state index in [9.17, 15) is 0 Å². The van der Waals surface area contributed by atoms with Crippen LogP contribution in [0.15, 0.2) is 12.4 Å². The predicted molar refractivity (Wildman–Crippen MR) is 67.6 cm³/mol. The Morgan fingerprint density at radius 2 is 1.75 bits per heavy atom. The van der Waals surface area contributed by atoms with Crippen molar-refractivity contribution in [3.8, 4) is 0 Å². The van der Waals surface area contributed by atoms with Crippen LogP contribution >= 0.6 is 0 Å². The highest BCUT2D eigenvalue weighted by molar-refractivity contribution is 5.29. The topological polar surface area (TPSA) is 41.1 Å². The molecule has 4 nitrogen and oxygen atoms in total. The first kappa shape index (κ1) is 12.9. The maximum absolute atomic E-state index is 4.37. The first-order chi connectivity index (χ1) is 7.81. The lowest BCUT2D eigenvalue weighted by molar-refractivity contribution is 0.671. The molecule has 0 spiro atoms. The molecule has 1 rings (SSSR count). The molecule has 0 bridgehead atoms. The Bertz CT molecular complexity index is 280. The average Bonchev–Trinajstić information content (AvgIpc) is 2.33. The van der Waals surface area contributed by atoms with Crippen molar-refractivity contribution in [2.24, 2.45) is 0 Å². The molecule has 0 saturated carbocycles. The fourth-order valence-corrected chi connectivity index (χ4v) is 1.52. The zero-order valence-electron chi connectivity index (χ0n) is 10.5. The number of hydrogen-bond donors (Lipinski definition) is 1. The second-order valence-corrected chi connectivity index (χ2v) is 3.74. The maximum atomic E-state index is 4.37. The molecule has 0 fully saturated rings. The zero-order chi connectivity index (χ0) is 11.8. The summed E-state index contributed by atoms with van der Waals surface area (Å²) in [7, 11) is 0. The highest BCUT2D eigenvalue weighted by Gasteiger charge is 2.04. The van der Waals surface area contributed by atoms with Gasteiger partial charge in [0, 0.05) is 37.6 Å². The lowest BCUT2D eigenvalue weighted by Crippen LogP contribution is -2.24. The van der Waals surface area contributed by atoms with Crippen molar-refractivity contribution in [2.45, 2.75) is 33.7 Å². The summed E-state index contributed by atoms with van der Waals surface area (Å²) in [6.07, 6.45) is 4.96. The molecule has 1 aromatic heterocycles. The summed E-state index contributed by atoms with van der Waals surface area (Å²) in [6.45, 7) is 10.2. The minimum Gasteiger partial charge on any atom is -0.341 e. The van der Waals surface area contributed by atoms with Gasteiger partial charge in [0.1, 0.15) is 0 Å². The van der Waals surface area contributed by atoms with Gasteiger partial charge in [-0.05, 0) is 26.8 Å². The van der Waals surface area contributed by atoms with E-state index in [1.807, 2.05) is 12.4 Å². The molecule has 0 aliphatic heterocycles. The van der Waals surface area contributed by atoms with Gasteiger partial charge >= 0.3 is 0 Å². The lowest BCUT2D eigenvalue weighted by atomic mass is 10.3. The smallest absolute Gasteiger partial charge is 0.225 e. The lowest BCUT2D eigenvalue weighted by Gasteiger charge is -2.18. The minimum absolute atomic E-state index is 0.823. The Labute approximate surface area is 98.1 Å². The SMILES string of the molecule is CCCNCc1cnc(N(CC)CC)nc1. The van der Waals surface area contributed by atoms with Crippen molar-refractivity contribution in [2.75, 3.05) is 24.5 Å². The third kappa shape index (κ3) is 3.77. The summed E-state index contributed by atoms with van der Waals surface area (Å²) in [6, 6.07) is 0. The van der Waals surface area contributed by atoms with E-state index in [0.29, 0.717) is 0 Å². The second-order valence-electron chi connectivity index (χ2n) is 3.74. The Hall–Kier alpha value is -1.16. The van der Waals surface area contributed by atoms with Crippen molar-refractivity contribution < 1.29 is 0 Å². The summed E-state index contributed by atoms with van der Waals surface area (Å²) in [5, 5.41) is 3.33. The highest BCUT2D eigenvalue weighted by atomic mass is 15.2. The minimum atomic E-state index is 0.823. The molecule has 1 aromatic rings. The van der Waals surface area contributed by atoms with Gasteiger partial charge in [-0.25, -0.2) is 9.97 Å². The first-order valence-corrected chi connectivity index (χ1v) is 6.08. The van der Waals surface area contributed by atoms with Crippen LogP contribution in [0.4, 0.5) is 5.95 Å². The van der Waals surface area contributed by atoms with Crippen LogP contribution in [0.3, 0.4) is 0 Å². The quantitative estimate of drug-likeness (QED) is 0.715. The molecule has 1 N–H and O–H groups in total. The summed E-state index contributed by atoms with van der Waals surface area (Å²) < 4.78 is 0. The molecule has 1 heterocycles. The predicted octanol–water partition coefficient (Wildman–Crippen LogP) is 1.82. The van der Waals surface area contributed by atoms with Gasteiger partial charge < -0.3 is 10.2 Å². The van der Waals surface area contributed by atoms with Crippen LogP contribution in [0, 0.1) is 0 Å². The van der Waals surface area contributed by atoms with E-state index >= 15 is 0 Å². The number of nitrogens with zero attached hydrogens (tertiary/aromatic N) is 3. The van der Waals surface area contributed by atoms with Gasteiger partial charge in [0.15, 0.2) is 0 Å². The van der Waals surface area contributed by atoms with E-state index in [1.165, 1.54) is 0 Å². The molecule has 0 radical (unpaired) electrons. The summed E-state index contributed by atoms with van der Waals surface area (Å²) in [5.74, 6) is 0.823. The Kier molecular flexibility index (Phi) is 5.78. The van der Waals surface area contributed by atoms with E-state index < -0.39 is 0 Å². The third-order valence-corrected chi connectivity index (χ3v) is 2.49. The van der Waals surface area contributed by atoms with Crippen molar-refractivity contribution in [3.63, 3.8) is 0 Å². The average molecular weight is 222 g/mol. The van der Waals surface area contributed by atoms with E-state index in [1.54, 1.807) is 0 Å². The van der Waals surface area contributed by atoms with Crippen LogP contribution < -0.4 is 10.2 Å². The number of aromatic nitrogens is 2. The fraction of sp³-hybridized carbons (Fsp3) is 0.667. The van der Waals surface area contributed by atoms with Crippen molar-refractivity contribution in [3.05, 3.63) is 18.0 Å². The van der Waals surface area contributed by atoms with Crippen LogP contribution in [0.25, 0.3) is 0 Å². The molecule has 0 aliphatic carbocycles. The summed E-state index contributed by atoms with van der Waals surface area (Å²) in [5.41, 5.74) is 1.14. The summed E-state index contributed by atoms with van der Waals surface area (Å²) in [4.78, 5) is 10.9. The van der Waals surface area contributed by atoms with Crippen LogP contribution in [-0.2, 0) is 6.54 Å². The van der Waals surface area contributed by atoms with Gasteiger partial charge in [0.25, 0.3) is 0 Å². The molecular weight excluding hydrogens is 200 g/mol. The van der Waals surface area contributed by atoms with E-state index in [4.69, 9.17) is 0 Å².